The van der Waals surface area contributed by atoms with E-state index in [1.807, 2.05) is 0 Å². The lowest BCUT2D eigenvalue weighted by atomic mass is 9.73. The zero-order valence-corrected chi connectivity index (χ0v) is 10.1. The highest BCUT2D eigenvalue weighted by atomic mass is 14.9. The van der Waals surface area contributed by atoms with Gasteiger partial charge in [0.2, 0.25) is 0 Å². The van der Waals surface area contributed by atoms with Gasteiger partial charge in [-0.25, -0.2) is 0 Å². The number of hydrogen-bond acceptors (Lipinski definition) is 1. The van der Waals surface area contributed by atoms with Gasteiger partial charge in [0, 0.05) is 0 Å². The lowest BCUT2D eigenvalue weighted by molar-refractivity contribution is 0.334. The first kappa shape index (κ1) is 10.7. The van der Waals surface area contributed by atoms with Crippen molar-refractivity contribution in [1.82, 2.24) is 5.32 Å². The monoisotopic (exact) mass is 203 g/mol. The molecule has 0 atom stereocenters. The summed E-state index contributed by atoms with van der Waals surface area (Å²) in [4.78, 5) is 0. The van der Waals surface area contributed by atoms with Crippen LogP contribution in [0.1, 0.15) is 36.5 Å². The van der Waals surface area contributed by atoms with Crippen LogP contribution in [0.4, 0.5) is 0 Å². The van der Waals surface area contributed by atoms with Crippen LogP contribution in [0.15, 0.2) is 18.2 Å². The van der Waals surface area contributed by atoms with Crippen LogP contribution < -0.4 is 5.32 Å². The molecule has 0 aromatic heterocycles. The minimum atomic E-state index is 0.392. The zero-order chi connectivity index (χ0) is 10.9. The molecule has 0 bridgehead atoms. The molecule has 0 aliphatic carbocycles. The van der Waals surface area contributed by atoms with Crippen LogP contribution in [0.25, 0.3) is 0 Å². The molecular weight excluding hydrogens is 182 g/mol. The number of aryl methyl sites for hydroxylation is 2. The predicted octanol–water partition coefficient (Wildman–Crippen LogP) is 2.94. The molecule has 1 N–H and O–H groups in total. The number of rotatable bonds is 1. The summed E-state index contributed by atoms with van der Waals surface area (Å²) in [7, 11) is 0. The van der Waals surface area contributed by atoms with Gasteiger partial charge in [0.25, 0.3) is 0 Å². The van der Waals surface area contributed by atoms with Crippen LogP contribution in [0.2, 0.25) is 0 Å². The van der Waals surface area contributed by atoms with E-state index >= 15 is 0 Å². The highest BCUT2D eigenvalue weighted by molar-refractivity contribution is 5.36. The first-order chi connectivity index (χ1) is 7.12. The Bertz CT molecular complexity index is 348. The summed E-state index contributed by atoms with van der Waals surface area (Å²) in [5.74, 6) is 0. The zero-order valence-electron chi connectivity index (χ0n) is 10.1. The third-order valence-corrected chi connectivity index (χ3v) is 3.74. The molecule has 1 saturated heterocycles. The highest BCUT2D eigenvalue weighted by Crippen LogP contribution is 2.34. The molecule has 0 amide bonds. The van der Waals surface area contributed by atoms with Gasteiger partial charge in [-0.1, -0.05) is 30.7 Å². The number of hydrogen-bond donors (Lipinski definition) is 1. The maximum atomic E-state index is 3.44. The SMILES string of the molecule is Cc1ccc(C2(C)CCNCC2)c(C)c1. The van der Waals surface area contributed by atoms with Crippen molar-refractivity contribution in [1.29, 1.82) is 0 Å². The first-order valence-corrected chi connectivity index (χ1v) is 5.90. The normalized spacial score (nSPS) is 20.2. The highest BCUT2D eigenvalue weighted by Gasteiger charge is 2.29. The molecular formula is C14H21N. The molecule has 1 aromatic rings. The summed E-state index contributed by atoms with van der Waals surface area (Å²) in [6.07, 6.45) is 2.52. The van der Waals surface area contributed by atoms with Gasteiger partial charge in [-0.15, -0.1) is 0 Å². The van der Waals surface area contributed by atoms with E-state index in [9.17, 15) is 0 Å². The summed E-state index contributed by atoms with van der Waals surface area (Å²) in [6.45, 7) is 9.14. The van der Waals surface area contributed by atoms with E-state index in [1.165, 1.54) is 24.0 Å². The quantitative estimate of drug-likeness (QED) is 0.740. The van der Waals surface area contributed by atoms with Gasteiger partial charge in [0.05, 0.1) is 0 Å². The maximum Gasteiger partial charge on any atom is -0.00405 e. The summed E-state index contributed by atoms with van der Waals surface area (Å²) in [5.41, 5.74) is 4.77. The molecule has 15 heavy (non-hydrogen) atoms. The van der Waals surface area contributed by atoms with Gasteiger partial charge in [-0.2, -0.15) is 0 Å². The van der Waals surface area contributed by atoms with Crippen LogP contribution in [0, 0.1) is 13.8 Å². The van der Waals surface area contributed by atoms with Crippen molar-refractivity contribution in [2.24, 2.45) is 0 Å². The summed E-state index contributed by atoms with van der Waals surface area (Å²) in [5, 5.41) is 3.44. The minimum absolute atomic E-state index is 0.392. The molecule has 0 saturated carbocycles. The molecule has 1 fully saturated rings. The van der Waals surface area contributed by atoms with E-state index in [4.69, 9.17) is 0 Å². The standard InChI is InChI=1S/C14H21N/c1-11-4-5-13(12(2)10-11)14(3)6-8-15-9-7-14/h4-5,10,15H,6-9H2,1-3H3. The fourth-order valence-electron chi connectivity index (χ4n) is 2.74. The number of nitrogens with one attached hydrogen (secondary N) is 1. The minimum Gasteiger partial charge on any atom is -0.317 e. The fourth-order valence-corrected chi connectivity index (χ4v) is 2.74. The Morgan fingerprint density at radius 1 is 1.13 bits per heavy atom. The van der Waals surface area contributed by atoms with Gasteiger partial charge in [0.15, 0.2) is 0 Å². The molecule has 2 rings (SSSR count). The second-order valence-electron chi connectivity index (χ2n) is 5.13. The topological polar surface area (TPSA) is 12.0 Å². The van der Waals surface area contributed by atoms with Crippen molar-refractivity contribution in [3.63, 3.8) is 0 Å². The average molecular weight is 203 g/mol. The smallest absolute Gasteiger partial charge is 0.00405 e. The van der Waals surface area contributed by atoms with Crippen LogP contribution in [0.5, 0.6) is 0 Å². The van der Waals surface area contributed by atoms with Crippen molar-refractivity contribution in [3.05, 3.63) is 34.9 Å². The second-order valence-corrected chi connectivity index (χ2v) is 5.13. The Hall–Kier alpha value is -0.820. The Morgan fingerprint density at radius 3 is 2.40 bits per heavy atom. The molecule has 0 unspecified atom stereocenters. The first-order valence-electron chi connectivity index (χ1n) is 5.90. The average Bonchev–Trinajstić information content (AvgIpc) is 2.18. The molecule has 1 aromatic carbocycles. The van der Waals surface area contributed by atoms with E-state index in [2.05, 4.69) is 44.3 Å². The van der Waals surface area contributed by atoms with E-state index in [-0.39, 0.29) is 0 Å². The van der Waals surface area contributed by atoms with Crippen LogP contribution >= 0.6 is 0 Å². The van der Waals surface area contributed by atoms with Crippen LogP contribution in [-0.4, -0.2) is 13.1 Å². The van der Waals surface area contributed by atoms with Crippen molar-refractivity contribution in [3.8, 4) is 0 Å². The molecule has 1 aliphatic rings. The van der Waals surface area contributed by atoms with Crippen LogP contribution in [-0.2, 0) is 5.41 Å². The Morgan fingerprint density at radius 2 is 1.80 bits per heavy atom. The predicted molar refractivity (Wildman–Crippen MR) is 65.4 cm³/mol. The van der Waals surface area contributed by atoms with Gasteiger partial charge < -0.3 is 5.32 Å². The van der Waals surface area contributed by atoms with Crippen molar-refractivity contribution < 1.29 is 0 Å². The molecule has 1 aliphatic heterocycles. The van der Waals surface area contributed by atoms with E-state index in [0.29, 0.717) is 5.41 Å². The number of piperidine rings is 1. The lowest BCUT2D eigenvalue weighted by Gasteiger charge is -2.35. The number of benzene rings is 1. The molecule has 1 nitrogen and oxygen atoms in total. The third-order valence-electron chi connectivity index (χ3n) is 3.74. The Kier molecular flexibility index (Phi) is 2.83. The second kappa shape index (κ2) is 3.97. The lowest BCUT2D eigenvalue weighted by Crippen LogP contribution is -2.38. The maximum absolute atomic E-state index is 3.44. The van der Waals surface area contributed by atoms with Gasteiger partial charge in [-0.3, -0.25) is 0 Å². The van der Waals surface area contributed by atoms with Gasteiger partial charge in [0.1, 0.15) is 0 Å². The van der Waals surface area contributed by atoms with E-state index in [1.54, 1.807) is 5.56 Å². The van der Waals surface area contributed by atoms with Gasteiger partial charge in [-0.05, 0) is 56.3 Å². The van der Waals surface area contributed by atoms with Crippen molar-refractivity contribution in [2.75, 3.05) is 13.1 Å². The Labute approximate surface area is 92.9 Å². The largest absolute Gasteiger partial charge is 0.317 e. The third kappa shape index (κ3) is 2.07. The molecule has 0 spiro atoms. The molecule has 82 valence electrons. The summed E-state index contributed by atoms with van der Waals surface area (Å²) in [6, 6.07) is 6.88. The summed E-state index contributed by atoms with van der Waals surface area (Å²) >= 11 is 0. The Balaban J connectivity index is 2.35. The van der Waals surface area contributed by atoms with Crippen LogP contribution in [0.3, 0.4) is 0 Å². The van der Waals surface area contributed by atoms with Crippen molar-refractivity contribution in [2.45, 2.75) is 39.0 Å². The van der Waals surface area contributed by atoms with Crippen molar-refractivity contribution >= 4 is 0 Å². The molecule has 0 radical (unpaired) electrons. The van der Waals surface area contributed by atoms with E-state index in [0.717, 1.165) is 13.1 Å². The summed E-state index contributed by atoms with van der Waals surface area (Å²) < 4.78 is 0. The van der Waals surface area contributed by atoms with Gasteiger partial charge >= 0.3 is 0 Å². The fraction of sp³-hybridized carbons (Fsp3) is 0.571. The van der Waals surface area contributed by atoms with E-state index < -0.39 is 0 Å². The molecule has 1 heterocycles. The molecule has 1 heteroatoms.